The van der Waals surface area contributed by atoms with Crippen LogP contribution in [0.15, 0.2) is 30.3 Å². The molecule has 20 heavy (non-hydrogen) atoms. The molecule has 0 saturated heterocycles. The van der Waals surface area contributed by atoms with Gasteiger partial charge in [0, 0.05) is 6.54 Å². The molecule has 1 atom stereocenters. The summed E-state index contributed by atoms with van der Waals surface area (Å²) in [5, 5.41) is 3.08. The highest BCUT2D eigenvalue weighted by Crippen LogP contribution is 2.23. The molecule has 1 unspecified atom stereocenters. The molecule has 1 aromatic carbocycles. The lowest BCUT2D eigenvalue weighted by Gasteiger charge is -2.17. The predicted octanol–water partition coefficient (Wildman–Crippen LogP) is 4.66. The van der Waals surface area contributed by atoms with Gasteiger partial charge < -0.3 is 5.32 Å². The van der Waals surface area contributed by atoms with Crippen molar-refractivity contribution in [2.45, 2.75) is 64.7 Å². The first-order valence-corrected chi connectivity index (χ1v) is 8.12. The second-order valence-electron chi connectivity index (χ2n) is 5.46. The van der Waals surface area contributed by atoms with Crippen LogP contribution in [0.4, 0.5) is 0 Å². The molecule has 1 amide bonds. The highest BCUT2D eigenvalue weighted by molar-refractivity contribution is 5.83. The minimum absolute atomic E-state index is 0.0184. The lowest BCUT2D eigenvalue weighted by atomic mass is 9.92. The first kappa shape index (κ1) is 16.7. The number of carbonyl (C=O) groups is 1. The smallest absolute Gasteiger partial charge is 0.227 e. The molecule has 0 aliphatic carbocycles. The van der Waals surface area contributed by atoms with Gasteiger partial charge in [0.25, 0.3) is 0 Å². The summed E-state index contributed by atoms with van der Waals surface area (Å²) in [4.78, 5) is 12.4. The van der Waals surface area contributed by atoms with Crippen molar-refractivity contribution in [2.75, 3.05) is 6.54 Å². The van der Waals surface area contributed by atoms with Gasteiger partial charge in [0.1, 0.15) is 0 Å². The average Bonchev–Trinajstić information content (AvgIpc) is 2.48. The normalized spacial score (nSPS) is 12.1. The molecular weight excluding hydrogens is 246 g/mol. The van der Waals surface area contributed by atoms with Crippen LogP contribution in [0.3, 0.4) is 0 Å². The first-order valence-electron chi connectivity index (χ1n) is 8.12. The van der Waals surface area contributed by atoms with E-state index in [1.165, 1.54) is 19.3 Å². The summed E-state index contributed by atoms with van der Waals surface area (Å²) in [5.41, 5.74) is 1.15. The Morgan fingerprint density at radius 3 is 2.35 bits per heavy atom. The fraction of sp³-hybridized carbons (Fsp3) is 0.611. The van der Waals surface area contributed by atoms with Gasteiger partial charge in [0.2, 0.25) is 5.91 Å². The standard InChI is InChI=1S/C18H29NO/c1-3-5-7-11-14-17(16-12-9-8-10-13-16)18(20)19-15-6-4-2/h8-10,12-13,17H,3-7,11,14-15H2,1-2H3,(H,19,20). The molecule has 0 aromatic heterocycles. The number of nitrogens with one attached hydrogen (secondary N) is 1. The molecule has 2 nitrogen and oxygen atoms in total. The van der Waals surface area contributed by atoms with E-state index in [0.29, 0.717) is 0 Å². The fourth-order valence-electron chi connectivity index (χ4n) is 2.42. The molecule has 0 spiro atoms. The van der Waals surface area contributed by atoms with Crippen molar-refractivity contribution in [1.29, 1.82) is 0 Å². The van der Waals surface area contributed by atoms with Crippen LogP contribution in [0.5, 0.6) is 0 Å². The van der Waals surface area contributed by atoms with E-state index in [4.69, 9.17) is 0 Å². The van der Waals surface area contributed by atoms with Crippen molar-refractivity contribution in [3.8, 4) is 0 Å². The van der Waals surface area contributed by atoms with Crippen LogP contribution in [0, 0.1) is 0 Å². The van der Waals surface area contributed by atoms with Crippen LogP contribution in [0.2, 0.25) is 0 Å². The minimum Gasteiger partial charge on any atom is -0.356 e. The maximum Gasteiger partial charge on any atom is 0.227 e. The molecule has 0 fully saturated rings. The van der Waals surface area contributed by atoms with Crippen LogP contribution < -0.4 is 5.32 Å². The largest absolute Gasteiger partial charge is 0.356 e. The molecule has 0 bridgehead atoms. The van der Waals surface area contributed by atoms with Crippen molar-refractivity contribution in [3.63, 3.8) is 0 Å². The van der Waals surface area contributed by atoms with Gasteiger partial charge in [-0.05, 0) is 18.4 Å². The summed E-state index contributed by atoms with van der Waals surface area (Å²) in [5.74, 6) is 0.214. The minimum atomic E-state index is 0.0184. The van der Waals surface area contributed by atoms with Crippen LogP contribution in [-0.2, 0) is 4.79 Å². The van der Waals surface area contributed by atoms with Crippen molar-refractivity contribution in [3.05, 3.63) is 35.9 Å². The lowest BCUT2D eigenvalue weighted by molar-refractivity contribution is -0.122. The molecule has 1 aromatic rings. The number of hydrogen-bond acceptors (Lipinski definition) is 1. The highest BCUT2D eigenvalue weighted by atomic mass is 16.1. The Kier molecular flexibility index (Phi) is 8.77. The maximum atomic E-state index is 12.4. The first-order chi connectivity index (χ1) is 9.79. The third-order valence-corrected chi connectivity index (χ3v) is 3.69. The summed E-state index contributed by atoms with van der Waals surface area (Å²) in [6.07, 6.45) is 7.99. The SMILES string of the molecule is CCCCCCC(C(=O)NCCCC)c1ccccc1. The van der Waals surface area contributed by atoms with Crippen LogP contribution in [0.1, 0.15) is 70.3 Å². The zero-order valence-electron chi connectivity index (χ0n) is 13.0. The molecule has 0 aliphatic rings. The quantitative estimate of drug-likeness (QED) is 0.618. The van der Waals surface area contributed by atoms with E-state index in [-0.39, 0.29) is 11.8 Å². The Balaban J connectivity index is 2.57. The van der Waals surface area contributed by atoms with E-state index < -0.39 is 0 Å². The monoisotopic (exact) mass is 275 g/mol. The van der Waals surface area contributed by atoms with Gasteiger partial charge in [0.05, 0.1) is 5.92 Å². The lowest BCUT2D eigenvalue weighted by Crippen LogP contribution is -2.30. The van der Waals surface area contributed by atoms with E-state index in [1.807, 2.05) is 18.2 Å². The van der Waals surface area contributed by atoms with Crippen molar-refractivity contribution >= 4 is 5.91 Å². The number of carbonyl (C=O) groups excluding carboxylic acids is 1. The molecule has 0 saturated carbocycles. The highest BCUT2D eigenvalue weighted by Gasteiger charge is 2.19. The predicted molar refractivity (Wildman–Crippen MR) is 85.9 cm³/mol. The van der Waals surface area contributed by atoms with Crippen LogP contribution in [-0.4, -0.2) is 12.5 Å². The van der Waals surface area contributed by atoms with Crippen molar-refractivity contribution < 1.29 is 4.79 Å². The van der Waals surface area contributed by atoms with Gasteiger partial charge in [-0.2, -0.15) is 0 Å². The number of rotatable bonds is 10. The Labute approximate surface area is 124 Å². The van der Waals surface area contributed by atoms with Gasteiger partial charge >= 0.3 is 0 Å². The van der Waals surface area contributed by atoms with Gasteiger partial charge in [-0.3, -0.25) is 4.79 Å². The number of benzene rings is 1. The molecule has 1 N–H and O–H groups in total. The van der Waals surface area contributed by atoms with Crippen LogP contribution in [0.25, 0.3) is 0 Å². The second kappa shape index (κ2) is 10.5. The Bertz CT molecular complexity index is 361. The Morgan fingerprint density at radius 2 is 1.70 bits per heavy atom. The van der Waals surface area contributed by atoms with Crippen LogP contribution >= 0.6 is 0 Å². The topological polar surface area (TPSA) is 29.1 Å². The summed E-state index contributed by atoms with van der Waals surface area (Å²) in [6, 6.07) is 10.2. The fourth-order valence-corrected chi connectivity index (χ4v) is 2.42. The van der Waals surface area contributed by atoms with Gasteiger partial charge in [-0.15, -0.1) is 0 Å². The number of hydrogen-bond donors (Lipinski definition) is 1. The summed E-state index contributed by atoms with van der Waals surface area (Å²) in [7, 11) is 0. The van der Waals surface area contributed by atoms with E-state index in [2.05, 4.69) is 31.3 Å². The Hall–Kier alpha value is -1.31. The summed E-state index contributed by atoms with van der Waals surface area (Å²) in [6.45, 7) is 5.16. The zero-order valence-corrected chi connectivity index (χ0v) is 13.0. The molecule has 0 heterocycles. The molecule has 1 rings (SSSR count). The summed E-state index contributed by atoms with van der Waals surface area (Å²) < 4.78 is 0. The molecule has 0 aliphatic heterocycles. The van der Waals surface area contributed by atoms with E-state index >= 15 is 0 Å². The zero-order chi connectivity index (χ0) is 14.6. The van der Waals surface area contributed by atoms with Gasteiger partial charge in [0.15, 0.2) is 0 Å². The van der Waals surface area contributed by atoms with Gasteiger partial charge in [-0.1, -0.05) is 76.3 Å². The van der Waals surface area contributed by atoms with E-state index in [9.17, 15) is 4.79 Å². The average molecular weight is 275 g/mol. The second-order valence-corrected chi connectivity index (χ2v) is 5.46. The van der Waals surface area contributed by atoms with Crippen molar-refractivity contribution in [2.24, 2.45) is 0 Å². The molecule has 0 radical (unpaired) electrons. The molecule has 112 valence electrons. The molecular formula is C18H29NO. The van der Waals surface area contributed by atoms with Crippen molar-refractivity contribution in [1.82, 2.24) is 5.32 Å². The van der Waals surface area contributed by atoms with E-state index in [0.717, 1.165) is 37.8 Å². The van der Waals surface area contributed by atoms with E-state index in [1.54, 1.807) is 0 Å². The number of unbranched alkanes of at least 4 members (excludes halogenated alkanes) is 4. The Morgan fingerprint density at radius 1 is 1.00 bits per heavy atom. The maximum absolute atomic E-state index is 12.4. The number of amides is 1. The van der Waals surface area contributed by atoms with Gasteiger partial charge in [-0.25, -0.2) is 0 Å². The summed E-state index contributed by atoms with van der Waals surface area (Å²) >= 11 is 0. The third-order valence-electron chi connectivity index (χ3n) is 3.69. The third kappa shape index (κ3) is 6.23. The molecule has 2 heteroatoms.